The highest BCUT2D eigenvalue weighted by Gasteiger charge is 2.47. The second-order valence-corrected chi connectivity index (χ2v) is 7.89. The molecule has 1 aromatic carbocycles. The molecule has 0 bridgehead atoms. The van der Waals surface area contributed by atoms with Crippen molar-refractivity contribution in [2.75, 3.05) is 13.6 Å². The molecule has 0 N–H and O–H groups in total. The van der Waals surface area contributed by atoms with Crippen LogP contribution >= 0.6 is 23.2 Å². The Hall–Kier alpha value is -1.59. The first kappa shape index (κ1) is 19.2. The molecule has 7 heteroatoms. The molecule has 26 heavy (non-hydrogen) atoms. The summed E-state index contributed by atoms with van der Waals surface area (Å²) >= 11 is 11.9. The van der Waals surface area contributed by atoms with Gasteiger partial charge in [-0.3, -0.25) is 19.3 Å². The zero-order chi connectivity index (χ0) is 18.8. The van der Waals surface area contributed by atoms with Crippen molar-refractivity contribution < 1.29 is 14.4 Å². The van der Waals surface area contributed by atoms with Gasteiger partial charge in [0.15, 0.2) is 0 Å². The number of rotatable bonds is 5. The molecule has 2 atom stereocenters. The Morgan fingerprint density at radius 3 is 2.31 bits per heavy atom. The van der Waals surface area contributed by atoms with E-state index in [4.69, 9.17) is 23.2 Å². The van der Waals surface area contributed by atoms with Gasteiger partial charge in [0.25, 0.3) is 0 Å². The molecule has 0 spiro atoms. The summed E-state index contributed by atoms with van der Waals surface area (Å²) in [6.45, 7) is 0.554. The van der Waals surface area contributed by atoms with Gasteiger partial charge in [-0.1, -0.05) is 42.1 Å². The number of carbonyl (C=O) groups is 3. The molecule has 140 valence electrons. The molecule has 2 aliphatic rings. The molecule has 1 heterocycles. The van der Waals surface area contributed by atoms with Crippen molar-refractivity contribution in [1.82, 2.24) is 9.80 Å². The molecule has 2 unspecified atom stereocenters. The lowest BCUT2D eigenvalue weighted by Gasteiger charge is -2.20. The van der Waals surface area contributed by atoms with E-state index in [0.717, 1.165) is 31.2 Å². The molecule has 1 aliphatic heterocycles. The van der Waals surface area contributed by atoms with E-state index in [1.807, 2.05) is 6.07 Å². The van der Waals surface area contributed by atoms with Crippen molar-refractivity contribution in [2.45, 2.75) is 38.6 Å². The molecule has 3 rings (SSSR count). The van der Waals surface area contributed by atoms with Gasteiger partial charge >= 0.3 is 0 Å². The van der Waals surface area contributed by atoms with Gasteiger partial charge in [0, 0.05) is 26.6 Å². The number of amides is 3. The van der Waals surface area contributed by atoms with E-state index in [9.17, 15) is 14.4 Å². The smallest absolute Gasteiger partial charge is 0.233 e. The van der Waals surface area contributed by atoms with Crippen LogP contribution in [0.5, 0.6) is 0 Å². The Morgan fingerprint density at radius 2 is 1.73 bits per heavy atom. The van der Waals surface area contributed by atoms with Crippen LogP contribution in [0.1, 0.15) is 37.7 Å². The molecule has 1 saturated heterocycles. The number of hydrogen-bond donors (Lipinski definition) is 0. The molecule has 2 fully saturated rings. The monoisotopic (exact) mass is 396 g/mol. The van der Waals surface area contributed by atoms with Crippen molar-refractivity contribution in [3.63, 3.8) is 0 Å². The number of halogens is 2. The summed E-state index contributed by atoms with van der Waals surface area (Å²) in [5, 5.41) is 0.915. The van der Waals surface area contributed by atoms with Gasteiger partial charge in [0.2, 0.25) is 17.7 Å². The first-order valence-corrected chi connectivity index (χ1v) is 9.67. The van der Waals surface area contributed by atoms with Crippen LogP contribution in [0.4, 0.5) is 0 Å². The first-order chi connectivity index (χ1) is 12.4. The Balaban J connectivity index is 1.55. The Kier molecular flexibility index (Phi) is 5.88. The molecule has 5 nitrogen and oxygen atoms in total. The van der Waals surface area contributed by atoms with Crippen LogP contribution in [0.15, 0.2) is 18.2 Å². The molecule has 0 aromatic heterocycles. The van der Waals surface area contributed by atoms with E-state index in [1.165, 1.54) is 4.90 Å². The van der Waals surface area contributed by atoms with Crippen LogP contribution < -0.4 is 0 Å². The van der Waals surface area contributed by atoms with Crippen LogP contribution in [0, 0.1) is 11.8 Å². The number of benzene rings is 1. The summed E-state index contributed by atoms with van der Waals surface area (Å²) in [5.74, 6) is -0.647. The Morgan fingerprint density at radius 1 is 1.12 bits per heavy atom. The maximum Gasteiger partial charge on any atom is 0.233 e. The first-order valence-electron chi connectivity index (χ1n) is 8.91. The topological polar surface area (TPSA) is 57.7 Å². The zero-order valence-corrected chi connectivity index (χ0v) is 16.2. The van der Waals surface area contributed by atoms with E-state index in [1.54, 1.807) is 24.1 Å². The number of fused-ring (bicyclic) bond motifs is 1. The second kappa shape index (κ2) is 7.97. The maximum absolute atomic E-state index is 12.4. The molecule has 3 amide bonds. The van der Waals surface area contributed by atoms with E-state index in [-0.39, 0.29) is 42.5 Å². The fourth-order valence-corrected chi connectivity index (χ4v) is 4.17. The van der Waals surface area contributed by atoms with Gasteiger partial charge in [-0.15, -0.1) is 0 Å². The number of hydrogen-bond acceptors (Lipinski definition) is 3. The number of nitrogens with zero attached hydrogens (tertiary/aromatic N) is 2. The number of imide groups is 1. The molecular weight excluding hydrogens is 375 g/mol. The SMILES string of the molecule is CN(Cc1ccc(Cl)c(Cl)c1)C(=O)CCN1C(=O)C2CCCCC2C1=O. The van der Waals surface area contributed by atoms with E-state index < -0.39 is 0 Å². The van der Waals surface area contributed by atoms with Crippen molar-refractivity contribution in [2.24, 2.45) is 11.8 Å². The highest BCUT2D eigenvalue weighted by atomic mass is 35.5. The van der Waals surface area contributed by atoms with E-state index in [2.05, 4.69) is 0 Å². The van der Waals surface area contributed by atoms with E-state index in [0.29, 0.717) is 16.6 Å². The summed E-state index contributed by atoms with van der Waals surface area (Å²) in [6.07, 6.45) is 3.71. The van der Waals surface area contributed by atoms with Crippen LogP contribution in [-0.4, -0.2) is 41.1 Å². The maximum atomic E-state index is 12.4. The van der Waals surface area contributed by atoms with Crippen LogP contribution in [0.2, 0.25) is 10.0 Å². The Bertz CT molecular complexity index is 713. The lowest BCUT2D eigenvalue weighted by molar-refractivity contribution is -0.140. The van der Waals surface area contributed by atoms with Gasteiger partial charge in [0.05, 0.1) is 21.9 Å². The zero-order valence-electron chi connectivity index (χ0n) is 14.7. The minimum Gasteiger partial charge on any atom is -0.341 e. The van der Waals surface area contributed by atoms with Crippen LogP contribution in [0.3, 0.4) is 0 Å². The highest BCUT2D eigenvalue weighted by molar-refractivity contribution is 6.42. The van der Waals surface area contributed by atoms with Crippen molar-refractivity contribution >= 4 is 40.9 Å². The average Bonchev–Trinajstić information content (AvgIpc) is 2.87. The summed E-state index contributed by atoms with van der Waals surface area (Å²) < 4.78 is 0. The van der Waals surface area contributed by atoms with Gasteiger partial charge < -0.3 is 4.90 Å². The van der Waals surface area contributed by atoms with Gasteiger partial charge in [-0.25, -0.2) is 0 Å². The molecule has 1 aromatic rings. The predicted octanol–water partition coefficient (Wildman–Crippen LogP) is 3.52. The lowest BCUT2D eigenvalue weighted by atomic mass is 9.81. The third-order valence-electron chi connectivity index (χ3n) is 5.31. The summed E-state index contributed by atoms with van der Waals surface area (Å²) in [7, 11) is 1.69. The third-order valence-corrected chi connectivity index (χ3v) is 6.05. The predicted molar refractivity (Wildman–Crippen MR) is 99.7 cm³/mol. The lowest BCUT2D eigenvalue weighted by Crippen LogP contribution is -2.36. The van der Waals surface area contributed by atoms with Gasteiger partial charge in [0.1, 0.15) is 0 Å². The largest absolute Gasteiger partial charge is 0.341 e. The van der Waals surface area contributed by atoms with Crippen LogP contribution in [0.25, 0.3) is 0 Å². The molecule has 1 saturated carbocycles. The van der Waals surface area contributed by atoms with Crippen molar-refractivity contribution in [3.05, 3.63) is 33.8 Å². The standard InChI is InChI=1S/C19H22Cl2N2O3/c1-22(11-12-6-7-15(20)16(21)10-12)17(24)8-9-23-18(25)13-4-2-3-5-14(13)19(23)26/h6-7,10,13-14H,2-5,8-9,11H2,1H3. The average molecular weight is 397 g/mol. The number of carbonyl (C=O) groups excluding carboxylic acids is 3. The fourth-order valence-electron chi connectivity index (χ4n) is 3.85. The normalized spacial score (nSPS) is 22.5. The van der Waals surface area contributed by atoms with Gasteiger partial charge in [-0.2, -0.15) is 0 Å². The molecular formula is C19H22Cl2N2O3. The molecule has 1 aliphatic carbocycles. The second-order valence-electron chi connectivity index (χ2n) is 7.07. The minimum atomic E-state index is -0.166. The summed E-state index contributed by atoms with van der Waals surface area (Å²) in [4.78, 5) is 40.2. The fraction of sp³-hybridized carbons (Fsp3) is 0.526. The van der Waals surface area contributed by atoms with Gasteiger partial charge in [-0.05, 0) is 30.5 Å². The third kappa shape index (κ3) is 3.89. The minimum absolute atomic E-state index is 0.0976. The van der Waals surface area contributed by atoms with E-state index >= 15 is 0 Å². The van der Waals surface area contributed by atoms with Crippen molar-refractivity contribution in [3.8, 4) is 0 Å². The Labute approximate surface area is 163 Å². The van der Waals surface area contributed by atoms with Crippen LogP contribution in [-0.2, 0) is 20.9 Å². The highest BCUT2D eigenvalue weighted by Crippen LogP contribution is 2.38. The summed E-state index contributed by atoms with van der Waals surface area (Å²) in [6, 6.07) is 5.24. The molecule has 0 radical (unpaired) electrons. The number of likely N-dealkylation sites (tertiary alicyclic amines) is 1. The van der Waals surface area contributed by atoms with Crippen molar-refractivity contribution in [1.29, 1.82) is 0 Å². The quantitative estimate of drug-likeness (QED) is 0.715. The summed E-state index contributed by atoms with van der Waals surface area (Å²) in [5.41, 5.74) is 0.870.